The smallest absolute Gasteiger partial charge is 0.326 e. The third-order valence-corrected chi connectivity index (χ3v) is 7.99. The van der Waals surface area contributed by atoms with Gasteiger partial charge in [-0.15, -0.1) is 0 Å². The Balaban J connectivity index is 1.61. The molecule has 0 spiro atoms. The van der Waals surface area contributed by atoms with Gasteiger partial charge in [0, 0.05) is 12.8 Å². The van der Waals surface area contributed by atoms with Crippen LogP contribution >= 0.6 is 0 Å². The van der Waals surface area contributed by atoms with E-state index in [0.717, 1.165) is 5.56 Å². The predicted molar refractivity (Wildman–Crippen MR) is 157 cm³/mol. The standard InChI is InChI=1S/C31H32N4O6S/c1-3-40-30(36)11-7-9-24-8-5-6-10-28(24)42(38,39)34-25-16-17-27-26(19-25)33-29(35(27)21-31(37)41-4-2)18-22-12-14-23(20-32)15-13-22/h5-6,8,10,12-17,19,34H,3-4,7,9,11,18,21H2,1-2H3. The number of rotatable bonds is 13. The Morgan fingerprint density at radius 3 is 2.40 bits per heavy atom. The van der Waals surface area contributed by atoms with E-state index in [-0.39, 0.29) is 30.4 Å². The Bertz CT molecular complexity index is 1720. The highest BCUT2D eigenvalue weighted by atomic mass is 32.2. The van der Waals surface area contributed by atoms with Crippen molar-refractivity contribution in [3.8, 4) is 6.07 Å². The Kier molecular flexibility index (Phi) is 9.93. The molecule has 1 N–H and O–H groups in total. The number of carbonyl (C=O) groups is 2. The number of nitriles is 1. The fraction of sp³-hybridized carbons (Fsp3) is 0.290. The summed E-state index contributed by atoms with van der Waals surface area (Å²) in [5.74, 6) is -0.137. The highest BCUT2D eigenvalue weighted by Crippen LogP contribution is 2.26. The summed E-state index contributed by atoms with van der Waals surface area (Å²) in [6, 6.07) is 20.8. The number of hydrogen-bond donors (Lipinski definition) is 1. The zero-order valence-electron chi connectivity index (χ0n) is 23.5. The van der Waals surface area contributed by atoms with Crippen molar-refractivity contribution in [2.75, 3.05) is 17.9 Å². The summed E-state index contributed by atoms with van der Waals surface area (Å²) in [4.78, 5) is 29.0. The number of nitrogens with zero attached hydrogens (tertiary/aromatic N) is 3. The Labute approximate surface area is 244 Å². The van der Waals surface area contributed by atoms with Crippen LogP contribution in [0, 0.1) is 11.3 Å². The van der Waals surface area contributed by atoms with E-state index in [2.05, 4.69) is 10.8 Å². The van der Waals surface area contributed by atoms with Crippen molar-refractivity contribution in [3.05, 3.63) is 89.2 Å². The molecule has 0 unspecified atom stereocenters. The molecule has 0 amide bonds. The van der Waals surface area contributed by atoms with E-state index in [1.165, 1.54) is 6.07 Å². The summed E-state index contributed by atoms with van der Waals surface area (Å²) in [6.45, 7) is 3.96. The second kappa shape index (κ2) is 13.8. The predicted octanol–water partition coefficient (Wildman–Crippen LogP) is 4.75. The van der Waals surface area contributed by atoms with Gasteiger partial charge in [-0.1, -0.05) is 30.3 Å². The number of hydrogen-bond acceptors (Lipinski definition) is 8. The highest BCUT2D eigenvalue weighted by molar-refractivity contribution is 7.92. The molecule has 10 nitrogen and oxygen atoms in total. The number of fused-ring (bicyclic) bond motifs is 1. The molecule has 4 aromatic rings. The molecule has 42 heavy (non-hydrogen) atoms. The van der Waals surface area contributed by atoms with Crippen molar-refractivity contribution in [3.63, 3.8) is 0 Å². The van der Waals surface area contributed by atoms with Crippen LogP contribution in [0.2, 0.25) is 0 Å². The lowest BCUT2D eigenvalue weighted by Gasteiger charge is -2.13. The maximum atomic E-state index is 13.4. The van der Waals surface area contributed by atoms with E-state index in [4.69, 9.17) is 19.7 Å². The summed E-state index contributed by atoms with van der Waals surface area (Å²) in [5, 5.41) is 9.09. The van der Waals surface area contributed by atoms with Crippen LogP contribution < -0.4 is 4.72 Å². The van der Waals surface area contributed by atoms with Crippen LogP contribution in [-0.2, 0) is 48.5 Å². The molecular formula is C31H32N4O6S. The SMILES string of the molecule is CCOC(=O)CCCc1ccccc1S(=O)(=O)Nc1ccc2c(c1)nc(Cc1ccc(C#N)cc1)n2CC(=O)OCC. The molecule has 0 aliphatic carbocycles. The van der Waals surface area contributed by atoms with Crippen molar-refractivity contribution in [2.45, 2.75) is 51.0 Å². The quantitative estimate of drug-likeness (QED) is 0.221. The fourth-order valence-corrected chi connectivity index (χ4v) is 5.93. The van der Waals surface area contributed by atoms with Gasteiger partial charge in [0.25, 0.3) is 10.0 Å². The normalized spacial score (nSPS) is 11.2. The molecule has 3 aromatic carbocycles. The average molecular weight is 589 g/mol. The monoisotopic (exact) mass is 588 g/mol. The van der Waals surface area contributed by atoms with Crippen molar-refractivity contribution in [2.24, 2.45) is 0 Å². The number of sulfonamides is 1. The van der Waals surface area contributed by atoms with Gasteiger partial charge in [0.1, 0.15) is 12.4 Å². The number of aromatic nitrogens is 2. The van der Waals surface area contributed by atoms with E-state index >= 15 is 0 Å². The summed E-state index contributed by atoms with van der Waals surface area (Å²) in [6.07, 6.45) is 1.44. The first-order valence-electron chi connectivity index (χ1n) is 13.6. The second-order valence-corrected chi connectivity index (χ2v) is 11.1. The lowest BCUT2D eigenvalue weighted by Crippen LogP contribution is -2.16. The molecule has 0 radical (unpaired) electrons. The fourth-order valence-electron chi connectivity index (χ4n) is 4.61. The molecule has 0 saturated carbocycles. The van der Waals surface area contributed by atoms with E-state index in [1.54, 1.807) is 66.9 Å². The Morgan fingerprint density at radius 1 is 0.976 bits per heavy atom. The first kappa shape index (κ1) is 30.3. The van der Waals surface area contributed by atoms with Gasteiger partial charge < -0.3 is 14.0 Å². The maximum Gasteiger partial charge on any atom is 0.326 e. The molecule has 0 aliphatic heterocycles. The lowest BCUT2D eigenvalue weighted by molar-refractivity contribution is -0.144. The number of anilines is 1. The van der Waals surface area contributed by atoms with Crippen molar-refractivity contribution in [1.29, 1.82) is 5.26 Å². The van der Waals surface area contributed by atoms with Crippen LogP contribution in [0.25, 0.3) is 11.0 Å². The van der Waals surface area contributed by atoms with Crippen LogP contribution in [0.3, 0.4) is 0 Å². The largest absolute Gasteiger partial charge is 0.466 e. The summed E-state index contributed by atoms with van der Waals surface area (Å²) in [7, 11) is -3.96. The molecule has 11 heteroatoms. The minimum atomic E-state index is -3.96. The van der Waals surface area contributed by atoms with Gasteiger partial charge in [0.05, 0.1) is 46.5 Å². The molecule has 0 bridgehead atoms. The molecule has 1 aromatic heterocycles. The molecule has 0 fully saturated rings. The first-order valence-corrected chi connectivity index (χ1v) is 15.1. The lowest BCUT2D eigenvalue weighted by atomic mass is 10.1. The number of carbonyl (C=O) groups excluding carboxylic acids is 2. The zero-order chi connectivity index (χ0) is 30.1. The van der Waals surface area contributed by atoms with Crippen LogP contribution in [0.15, 0.2) is 71.6 Å². The molecule has 0 atom stereocenters. The number of aryl methyl sites for hydroxylation is 1. The zero-order valence-corrected chi connectivity index (χ0v) is 24.3. The van der Waals surface area contributed by atoms with Crippen molar-refractivity contribution < 1.29 is 27.5 Å². The highest BCUT2D eigenvalue weighted by Gasteiger charge is 2.20. The number of imidazole rings is 1. The summed E-state index contributed by atoms with van der Waals surface area (Å²) < 4.78 is 41.4. The molecule has 0 aliphatic rings. The third-order valence-electron chi connectivity index (χ3n) is 6.51. The third kappa shape index (κ3) is 7.53. The van der Waals surface area contributed by atoms with Crippen LogP contribution in [0.4, 0.5) is 5.69 Å². The maximum absolute atomic E-state index is 13.4. The number of benzene rings is 3. The van der Waals surface area contributed by atoms with Crippen molar-refractivity contribution in [1.82, 2.24) is 9.55 Å². The van der Waals surface area contributed by atoms with Crippen LogP contribution in [0.5, 0.6) is 0 Å². The van der Waals surface area contributed by atoms with Gasteiger partial charge >= 0.3 is 11.9 Å². The van der Waals surface area contributed by atoms with Crippen LogP contribution in [0.1, 0.15) is 49.2 Å². The topological polar surface area (TPSA) is 140 Å². The molecular weight excluding hydrogens is 556 g/mol. The number of ether oxygens (including phenoxy) is 2. The Hall–Kier alpha value is -4.69. The van der Waals surface area contributed by atoms with E-state index in [1.807, 2.05) is 12.1 Å². The van der Waals surface area contributed by atoms with Gasteiger partial charge in [0.15, 0.2) is 0 Å². The van der Waals surface area contributed by atoms with Gasteiger partial charge in [-0.25, -0.2) is 13.4 Å². The van der Waals surface area contributed by atoms with Gasteiger partial charge in [-0.3, -0.25) is 14.3 Å². The summed E-state index contributed by atoms with van der Waals surface area (Å²) >= 11 is 0. The van der Waals surface area contributed by atoms with Gasteiger partial charge in [0.2, 0.25) is 0 Å². The average Bonchev–Trinajstić information content (AvgIpc) is 3.29. The Morgan fingerprint density at radius 2 is 1.69 bits per heavy atom. The molecule has 0 saturated heterocycles. The van der Waals surface area contributed by atoms with E-state index < -0.39 is 16.0 Å². The first-order chi connectivity index (χ1) is 20.2. The molecule has 218 valence electrons. The number of esters is 2. The summed E-state index contributed by atoms with van der Waals surface area (Å²) in [5.41, 5.74) is 3.50. The van der Waals surface area contributed by atoms with Gasteiger partial charge in [-0.2, -0.15) is 5.26 Å². The van der Waals surface area contributed by atoms with E-state index in [0.29, 0.717) is 59.5 Å². The van der Waals surface area contributed by atoms with Crippen LogP contribution in [-0.4, -0.2) is 43.1 Å². The van der Waals surface area contributed by atoms with Gasteiger partial charge in [-0.05, 0) is 74.2 Å². The van der Waals surface area contributed by atoms with Crippen molar-refractivity contribution >= 4 is 38.7 Å². The minimum absolute atomic E-state index is 0.0554. The molecule has 4 rings (SSSR count). The second-order valence-electron chi connectivity index (χ2n) is 9.48. The van der Waals surface area contributed by atoms with E-state index in [9.17, 15) is 18.0 Å². The molecule has 1 heterocycles. The minimum Gasteiger partial charge on any atom is -0.466 e. The number of nitrogens with one attached hydrogen (secondary N) is 1.